The minimum absolute atomic E-state index is 0.154. The molecule has 0 fully saturated rings. The van der Waals surface area contributed by atoms with Crippen LogP contribution in [-0.2, 0) is 0 Å². The molecule has 1 aromatic rings. The van der Waals surface area contributed by atoms with Crippen molar-refractivity contribution in [1.29, 1.82) is 0 Å². The Balaban J connectivity index is 2.68. The Morgan fingerprint density at radius 2 is 1.94 bits per heavy atom. The Morgan fingerprint density at radius 1 is 1.31 bits per heavy atom. The molecule has 0 heterocycles. The lowest BCUT2D eigenvalue weighted by molar-refractivity contribution is 0.0963. The molecule has 0 aliphatic carbocycles. The van der Waals surface area contributed by atoms with Gasteiger partial charge in [0.15, 0.2) is 0 Å². The van der Waals surface area contributed by atoms with Gasteiger partial charge in [0.25, 0.3) is 5.91 Å². The molecule has 1 aromatic carbocycles. The molecule has 0 atom stereocenters. The zero-order valence-electron chi connectivity index (χ0n) is 8.73. The number of nitrogens with one attached hydrogen (secondary N) is 2. The number of nitrogens with two attached hydrogens (primary N) is 1. The predicted octanol–water partition coefficient (Wildman–Crippen LogP) is 0.0484. The van der Waals surface area contributed by atoms with Crippen molar-refractivity contribution in [3.8, 4) is 0 Å². The summed E-state index contributed by atoms with van der Waals surface area (Å²) in [5.41, 5.74) is 8.20. The summed E-state index contributed by atoms with van der Waals surface area (Å²) in [6.07, 6.45) is 1.43. The van der Waals surface area contributed by atoms with Crippen LogP contribution >= 0.6 is 0 Å². The van der Waals surface area contributed by atoms with Crippen LogP contribution < -0.4 is 16.5 Å². The van der Waals surface area contributed by atoms with Crippen LogP contribution in [0, 0.1) is 0 Å². The third-order valence-electron chi connectivity index (χ3n) is 1.79. The highest BCUT2D eigenvalue weighted by Crippen LogP contribution is 2.01. The summed E-state index contributed by atoms with van der Waals surface area (Å²) in [5.74, 6) is -0.154. The molecule has 6 heteroatoms. The van der Waals surface area contributed by atoms with Gasteiger partial charge in [0.2, 0.25) is 0 Å². The number of amides is 3. The molecule has 0 radical (unpaired) electrons. The largest absolute Gasteiger partial charge is 0.355 e. The third kappa shape index (κ3) is 3.41. The van der Waals surface area contributed by atoms with E-state index in [1.54, 1.807) is 31.3 Å². The molecule has 0 unspecified atom stereocenters. The highest BCUT2D eigenvalue weighted by Gasteiger charge is 2.00. The molecule has 0 bridgehead atoms. The van der Waals surface area contributed by atoms with Crippen LogP contribution in [0.1, 0.15) is 15.9 Å². The Morgan fingerprint density at radius 3 is 2.44 bits per heavy atom. The number of benzene rings is 1. The first-order valence-corrected chi connectivity index (χ1v) is 4.54. The van der Waals surface area contributed by atoms with Crippen molar-refractivity contribution in [2.75, 3.05) is 7.05 Å². The topological polar surface area (TPSA) is 96.6 Å². The number of rotatable bonds is 3. The van der Waals surface area contributed by atoms with Crippen LogP contribution in [0.15, 0.2) is 29.4 Å². The average Bonchev–Trinajstić information content (AvgIpc) is 2.28. The van der Waals surface area contributed by atoms with Gasteiger partial charge >= 0.3 is 6.03 Å². The maximum Gasteiger partial charge on any atom is 0.332 e. The second-order valence-corrected chi connectivity index (χ2v) is 2.94. The molecule has 0 aliphatic rings. The average molecular weight is 220 g/mol. The number of urea groups is 1. The molecular formula is C10H12N4O2. The van der Waals surface area contributed by atoms with Crippen molar-refractivity contribution in [2.24, 2.45) is 10.8 Å². The van der Waals surface area contributed by atoms with Crippen molar-refractivity contribution in [2.45, 2.75) is 0 Å². The molecule has 0 aromatic heterocycles. The molecule has 6 nitrogen and oxygen atoms in total. The van der Waals surface area contributed by atoms with Crippen LogP contribution in [0.2, 0.25) is 0 Å². The molecular weight excluding hydrogens is 208 g/mol. The number of carbonyl (C=O) groups is 2. The van der Waals surface area contributed by atoms with Gasteiger partial charge < -0.3 is 11.1 Å². The first kappa shape index (κ1) is 11.7. The molecule has 3 amide bonds. The summed E-state index contributed by atoms with van der Waals surface area (Å²) in [4.78, 5) is 21.5. The predicted molar refractivity (Wildman–Crippen MR) is 60.1 cm³/mol. The van der Waals surface area contributed by atoms with Gasteiger partial charge in [-0.05, 0) is 17.7 Å². The Hall–Kier alpha value is -2.37. The smallest absolute Gasteiger partial charge is 0.332 e. The minimum Gasteiger partial charge on any atom is -0.355 e. The highest BCUT2D eigenvalue weighted by molar-refractivity contribution is 5.94. The maximum atomic E-state index is 11.2. The van der Waals surface area contributed by atoms with Crippen molar-refractivity contribution in [3.05, 3.63) is 35.4 Å². The summed E-state index contributed by atoms with van der Waals surface area (Å²) >= 11 is 0. The molecule has 4 N–H and O–H groups in total. The van der Waals surface area contributed by atoms with Crippen LogP contribution in [-0.4, -0.2) is 25.2 Å². The van der Waals surface area contributed by atoms with Gasteiger partial charge in [-0.25, -0.2) is 10.2 Å². The summed E-state index contributed by atoms with van der Waals surface area (Å²) in [5, 5.41) is 6.10. The van der Waals surface area contributed by atoms with E-state index in [0.29, 0.717) is 5.56 Å². The van der Waals surface area contributed by atoms with Crippen LogP contribution in [0.5, 0.6) is 0 Å². The second-order valence-electron chi connectivity index (χ2n) is 2.94. The van der Waals surface area contributed by atoms with Gasteiger partial charge in [0.1, 0.15) is 0 Å². The van der Waals surface area contributed by atoms with E-state index in [1.165, 1.54) is 6.21 Å². The van der Waals surface area contributed by atoms with Gasteiger partial charge in [-0.2, -0.15) is 5.10 Å². The Kier molecular flexibility index (Phi) is 4.02. The lowest BCUT2D eigenvalue weighted by Crippen LogP contribution is -2.24. The van der Waals surface area contributed by atoms with Gasteiger partial charge in [-0.15, -0.1) is 0 Å². The molecule has 1 rings (SSSR count). The number of carbonyl (C=O) groups excluding carboxylic acids is 2. The van der Waals surface area contributed by atoms with Crippen LogP contribution in [0.3, 0.4) is 0 Å². The van der Waals surface area contributed by atoms with E-state index in [2.05, 4.69) is 15.8 Å². The van der Waals surface area contributed by atoms with E-state index in [-0.39, 0.29) is 5.91 Å². The van der Waals surface area contributed by atoms with E-state index < -0.39 is 6.03 Å². The normalized spacial score (nSPS) is 10.1. The molecule has 0 aliphatic heterocycles. The SMILES string of the molecule is CNC(=O)c1ccc(C=NNC(N)=O)cc1. The van der Waals surface area contributed by atoms with Crippen LogP contribution in [0.4, 0.5) is 4.79 Å². The van der Waals surface area contributed by atoms with Crippen molar-refractivity contribution in [3.63, 3.8) is 0 Å². The van der Waals surface area contributed by atoms with E-state index in [0.717, 1.165) is 5.56 Å². The summed E-state index contributed by atoms with van der Waals surface area (Å²) in [6, 6.07) is 6.00. The zero-order chi connectivity index (χ0) is 12.0. The first-order chi connectivity index (χ1) is 7.63. The van der Waals surface area contributed by atoms with Gasteiger partial charge in [-0.3, -0.25) is 4.79 Å². The van der Waals surface area contributed by atoms with Gasteiger partial charge in [0, 0.05) is 12.6 Å². The highest BCUT2D eigenvalue weighted by atomic mass is 16.2. The Bertz CT molecular complexity index is 411. The Labute approximate surface area is 92.5 Å². The monoisotopic (exact) mass is 220 g/mol. The van der Waals surface area contributed by atoms with E-state index in [1.807, 2.05) is 0 Å². The number of hydrazone groups is 1. The summed E-state index contributed by atoms with van der Waals surface area (Å²) < 4.78 is 0. The molecule has 84 valence electrons. The fraction of sp³-hybridized carbons (Fsp3) is 0.100. The quantitative estimate of drug-likeness (QED) is 0.495. The fourth-order valence-corrected chi connectivity index (χ4v) is 1.04. The minimum atomic E-state index is -0.724. The fourth-order valence-electron chi connectivity index (χ4n) is 1.04. The molecule has 16 heavy (non-hydrogen) atoms. The number of hydrogen-bond acceptors (Lipinski definition) is 3. The van der Waals surface area contributed by atoms with Crippen molar-refractivity contribution >= 4 is 18.2 Å². The lowest BCUT2D eigenvalue weighted by Gasteiger charge is -1.99. The van der Waals surface area contributed by atoms with E-state index in [9.17, 15) is 9.59 Å². The van der Waals surface area contributed by atoms with Crippen LogP contribution in [0.25, 0.3) is 0 Å². The standard InChI is InChI=1S/C10H12N4O2/c1-12-9(15)8-4-2-7(3-5-8)6-13-14-10(11)16/h2-6H,1H3,(H,12,15)(H3,11,14,16). The van der Waals surface area contributed by atoms with Gasteiger partial charge in [0.05, 0.1) is 6.21 Å². The van der Waals surface area contributed by atoms with E-state index in [4.69, 9.17) is 5.73 Å². The van der Waals surface area contributed by atoms with Crippen molar-refractivity contribution in [1.82, 2.24) is 10.7 Å². The summed E-state index contributed by atoms with van der Waals surface area (Å²) in [6.45, 7) is 0. The number of hydrogen-bond donors (Lipinski definition) is 3. The van der Waals surface area contributed by atoms with Crippen molar-refractivity contribution < 1.29 is 9.59 Å². The lowest BCUT2D eigenvalue weighted by atomic mass is 10.1. The molecule has 0 saturated heterocycles. The number of nitrogens with zero attached hydrogens (tertiary/aromatic N) is 1. The number of primary amides is 1. The first-order valence-electron chi connectivity index (χ1n) is 4.54. The van der Waals surface area contributed by atoms with Gasteiger partial charge in [-0.1, -0.05) is 12.1 Å². The maximum absolute atomic E-state index is 11.2. The molecule has 0 saturated carbocycles. The summed E-state index contributed by atoms with van der Waals surface area (Å²) in [7, 11) is 1.56. The second kappa shape index (κ2) is 5.50. The van der Waals surface area contributed by atoms with E-state index >= 15 is 0 Å². The molecule has 0 spiro atoms. The third-order valence-corrected chi connectivity index (χ3v) is 1.79. The zero-order valence-corrected chi connectivity index (χ0v) is 8.73.